The summed E-state index contributed by atoms with van der Waals surface area (Å²) in [7, 11) is 0. The van der Waals surface area contributed by atoms with Gasteiger partial charge in [-0.15, -0.1) is 0 Å². The average Bonchev–Trinajstić information content (AvgIpc) is 2.72. The van der Waals surface area contributed by atoms with Gasteiger partial charge in [-0.3, -0.25) is 4.90 Å². The first-order valence-electron chi connectivity index (χ1n) is 7.59. The molecule has 1 aliphatic carbocycles. The molecule has 1 heterocycles. The summed E-state index contributed by atoms with van der Waals surface area (Å²) in [6.07, 6.45) is 5.49. The first kappa shape index (κ1) is 14.3. The summed E-state index contributed by atoms with van der Waals surface area (Å²) in [5, 5.41) is 3.81. The number of rotatable bonds is 4. The number of nitrogens with one attached hydrogen (secondary N) is 1. The van der Waals surface area contributed by atoms with Gasteiger partial charge in [-0.05, 0) is 40.5 Å². The average molecular weight is 254 g/mol. The van der Waals surface area contributed by atoms with Crippen LogP contribution >= 0.6 is 0 Å². The van der Waals surface area contributed by atoms with Gasteiger partial charge in [0.1, 0.15) is 0 Å². The SMILES string of the molecule is CCOC(C)(C)CN1CC2(CCCC2)NCC1C. The Kier molecular flexibility index (Phi) is 4.35. The first-order valence-corrected chi connectivity index (χ1v) is 7.59. The second-order valence-corrected chi connectivity index (χ2v) is 6.82. The van der Waals surface area contributed by atoms with Gasteiger partial charge in [0.05, 0.1) is 5.60 Å². The van der Waals surface area contributed by atoms with Gasteiger partial charge < -0.3 is 10.1 Å². The Morgan fingerprint density at radius 3 is 2.61 bits per heavy atom. The van der Waals surface area contributed by atoms with Gasteiger partial charge in [0.15, 0.2) is 0 Å². The summed E-state index contributed by atoms with van der Waals surface area (Å²) in [5.41, 5.74) is 0.384. The van der Waals surface area contributed by atoms with Crippen molar-refractivity contribution in [3.05, 3.63) is 0 Å². The van der Waals surface area contributed by atoms with E-state index in [1.165, 1.54) is 32.2 Å². The lowest BCUT2D eigenvalue weighted by Gasteiger charge is -2.47. The molecule has 1 aliphatic heterocycles. The van der Waals surface area contributed by atoms with Crippen LogP contribution in [-0.2, 0) is 4.74 Å². The largest absolute Gasteiger partial charge is 0.375 e. The Balaban J connectivity index is 1.97. The molecule has 0 radical (unpaired) electrons. The van der Waals surface area contributed by atoms with E-state index in [1.54, 1.807) is 0 Å². The molecule has 0 aromatic carbocycles. The van der Waals surface area contributed by atoms with Crippen molar-refractivity contribution in [2.45, 2.75) is 70.6 Å². The number of piperazine rings is 1. The van der Waals surface area contributed by atoms with Crippen molar-refractivity contribution in [3.63, 3.8) is 0 Å². The third kappa shape index (κ3) is 3.25. The quantitative estimate of drug-likeness (QED) is 0.834. The fourth-order valence-corrected chi connectivity index (χ4v) is 3.62. The number of ether oxygens (including phenoxy) is 1. The van der Waals surface area contributed by atoms with E-state index in [4.69, 9.17) is 4.74 Å². The Labute approximate surface area is 112 Å². The molecule has 1 spiro atoms. The zero-order valence-corrected chi connectivity index (χ0v) is 12.6. The van der Waals surface area contributed by atoms with Crippen LogP contribution in [0.25, 0.3) is 0 Å². The molecule has 1 N–H and O–H groups in total. The lowest BCUT2D eigenvalue weighted by molar-refractivity contribution is -0.0535. The van der Waals surface area contributed by atoms with Crippen LogP contribution in [-0.4, -0.2) is 48.3 Å². The molecule has 2 rings (SSSR count). The second-order valence-electron chi connectivity index (χ2n) is 6.82. The Bertz CT molecular complexity index is 272. The fourth-order valence-electron chi connectivity index (χ4n) is 3.62. The number of nitrogens with zero attached hydrogens (tertiary/aromatic N) is 1. The van der Waals surface area contributed by atoms with Gasteiger partial charge in [-0.1, -0.05) is 12.8 Å². The minimum Gasteiger partial charge on any atom is -0.375 e. The number of hydrogen-bond acceptors (Lipinski definition) is 3. The van der Waals surface area contributed by atoms with E-state index >= 15 is 0 Å². The van der Waals surface area contributed by atoms with E-state index in [0.717, 1.165) is 19.7 Å². The zero-order valence-electron chi connectivity index (χ0n) is 12.6. The van der Waals surface area contributed by atoms with Gasteiger partial charge in [0, 0.05) is 37.8 Å². The third-order valence-electron chi connectivity index (χ3n) is 4.58. The summed E-state index contributed by atoms with van der Waals surface area (Å²) in [5.74, 6) is 0. The van der Waals surface area contributed by atoms with Crippen molar-refractivity contribution in [2.24, 2.45) is 0 Å². The van der Waals surface area contributed by atoms with Gasteiger partial charge in [-0.25, -0.2) is 0 Å². The van der Waals surface area contributed by atoms with Gasteiger partial charge >= 0.3 is 0 Å². The fraction of sp³-hybridized carbons (Fsp3) is 1.00. The lowest BCUT2D eigenvalue weighted by atomic mass is 9.91. The second kappa shape index (κ2) is 5.48. The molecule has 1 saturated carbocycles. The molecule has 18 heavy (non-hydrogen) atoms. The minimum atomic E-state index is -0.0276. The van der Waals surface area contributed by atoms with Crippen LogP contribution < -0.4 is 5.32 Å². The summed E-state index contributed by atoms with van der Waals surface area (Å²) in [6, 6.07) is 0.621. The van der Waals surface area contributed by atoms with Crippen molar-refractivity contribution in [1.82, 2.24) is 10.2 Å². The molecule has 106 valence electrons. The molecule has 0 aromatic heterocycles. The van der Waals surface area contributed by atoms with Crippen molar-refractivity contribution in [2.75, 3.05) is 26.2 Å². The van der Waals surface area contributed by atoms with E-state index < -0.39 is 0 Å². The lowest BCUT2D eigenvalue weighted by Crippen LogP contribution is -2.64. The van der Waals surface area contributed by atoms with Crippen LogP contribution in [0.15, 0.2) is 0 Å². The predicted octanol–water partition coefficient (Wildman–Crippen LogP) is 2.41. The van der Waals surface area contributed by atoms with Crippen LogP contribution in [0, 0.1) is 0 Å². The maximum absolute atomic E-state index is 5.87. The van der Waals surface area contributed by atoms with E-state index in [1.807, 2.05) is 0 Å². The molecule has 2 aliphatic rings. The molecular weight excluding hydrogens is 224 g/mol. The molecule has 0 aromatic rings. The maximum Gasteiger partial charge on any atom is 0.0752 e. The monoisotopic (exact) mass is 254 g/mol. The van der Waals surface area contributed by atoms with E-state index in [-0.39, 0.29) is 5.60 Å². The van der Waals surface area contributed by atoms with Crippen LogP contribution in [0.1, 0.15) is 53.4 Å². The standard InChI is InChI=1S/C15H30N2O/c1-5-18-14(3,4)11-17-12-15(8-6-7-9-15)16-10-13(17)2/h13,16H,5-12H2,1-4H3. The summed E-state index contributed by atoms with van der Waals surface area (Å²) >= 11 is 0. The van der Waals surface area contributed by atoms with Gasteiger partial charge in [0.25, 0.3) is 0 Å². The molecule has 1 unspecified atom stereocenters. The minimum absolute atomic E-state index is 0.0276. The zero-order chi connectivity index (χ0) is 13.2. The molecule has 3 nitrogen and oxygen atoms in total. The third-order valence-corrected chi connectivity index (χ3v) is 4.58. The highest BCUT2D eigenvalue weighted by molar-refractivity contribution is 5.01. The molecule has 3 heteroatoms. The number of hydrogen-bond donors (Lipinski definition) is 1. The molecular formula is C15H30N2O. The molecule has 0 amide bonds. The van der Waals surface area contributed by atoms with Crippen LogP contribution in [0.3, 0.4) is 0 Å². The molecule has 0 bridgehead atoms. The Hall–Kier alpha value is -0.120. The van der Waals surface area contributed by atoms with Crippen molar-refractivity contribution in [1.29, 1.82) is 0 Å². The van der Waals surface area contributed by atoms with Gasteiger partial charge in [-0.2, -0.15) is 0 Å². The predicted molar refractivity (Wildman–Crippen MR) is 75.9 cm³/mol. The smallest absolute Gasteiger partial charge is 0.0752 e. The molecule has 2 fully saturated rings. The summed E-state index contributed by atoms with van der Waals surface area (Å²) in [6.45, 7) is 13.0. The van der Waals surface area contributed by atoms with Crippen LogP contribution in [0.5, 0.6) is 0 Å². The van der Waals surface area contributed by atoms with Gasteiger partial charge in [0.2, 0.25) is 0 Å². The van der Waals surface area contributed by atoms with Crippen molar-refractivity contribution >= 4 is 0 Å². The maximum atomic E-state index is 5.87. The van der Waals surface area contributed by atoms with Crippen LogP contribution in [0.2, 0.25) is 0 Å². The van der Waals surface area contributed by atoms with E-state index in [2.05, 4.69) is 37.9 Å². The molecule has 1 saturated heterocycles. The van der Waals surface area contributed by atoms with E-state index in [9.17, 15) is 0 Å². The Morgan fingerprint density at radius 1 is 1.33 bits per heavy atom. The van der Waals surface area contributed by atoms with Crippen molar-refractivity contribution in [3.8, 4) is 0 Å². The first-order chi connectivity index (χ1) is 8.46. The summed E-state index contributed by atoms with van der Waals surface area (Å²) in [4.78, 5) is 2.64. The highest BCUT2D eigenvalue weighted by atomic mass is 16.5. The summed E-state index contributed by atoms with van der Waals surface area (Å²) < 4.78 is 5.87. The molecule has 1 atom stereocenters. The topological polar surface area (TPSA) is 24.5 Å². The normalized spacial score (nSPS) is 29.0. The van der Waals surface area contributed by atoms with E-state index in [0.29, 0.717) is 11.6 Å². The Morgan fingerprint density at radius 2 is 2.00 bits per heavy atom. The van der Waals surface area contributed by atoms with Crippen molar-refractivity contribution < 1.29 is 4.74 Å². The highest BCUT2D eigenvalue weighted by Gasteiger charge is 2.41. The van der Waals surface area contributed by atoms with Crippen LogP contribution in [0.4, 0.5) is 0 Å². The highest BCUT2D eigenvalue weighted by Crippen LogP contribution is 2.33.